The Morgan fingerprint density at radius 1 is 0.135 bits per heavy atom. The molecule has 4 nitrogen and oxygen atoms in total. The van der Waals surface area contributed by atoms with Crippen LogP contribution in [-0.4, -0.2) is 0 Å². The van der Waals surface area contributed by atoms with E-state index in [1.807, 2.05) is 0 Å². The predicted molar refractivity (Wildman–Crippen MR) is 448 cm³/mol. The minimum absolute atomic E-state index is 1.16. The number of hydrogen-bond donors (Lipinski definition) is 0. The quantitative estimate of drug-likeness (QED) is 0.121. The first kappa shape index (κ1) is 66.6. The number of aryl methyl sites for hydroxylation is 4. The summed E-state index contributed by atoms with van der Waals surface area (Å²) in [6.07, 6.45) is 0. The average molecular weight is 1340 g/mol. The Morgan fingerprint density at radius 3 is 0.683 bits per heavy atom. The lowest BCUT2D eigenvalue weighted by Gasteiger charge is -2.28. The van der Waals surface area contributed by atoms with Crippen LogP contribution in [0.4, 0.5) is 68.2 Å². The Labute approximate surface area is 611 Å². The van der Waals surface area contributed by atoms with E-state index in [2.05, 4.69) is 460 Å². The van der Waals surface area contributed by atoms with E-state index in [-0.39, 0.29) is 0 Å². The second kappa shape index (κ2) is 31.1. The Hall–Kier alpha value is -13.3. The molecule has 0 bridgehead atoms. The van der Waals surface area contributed by atoms with Gasteiger partial charge in [0.05, 0.1) is 22.7 Å². The summed E-state index contributed by atoms with van der Waals surface area (Å²) in [5.41, 5.74) is 19.2. The van der Waals surface area contributed by atoms with Crippen molar-refractivity contribution in [3.8, 4) is 0 Å². The fourth-order valence-electron chi connectivity index (χ4n) is 13.9. The molecule has 4 heteroatoms. The second-order valence-electron chi connectivity index (χ2n) is 26.4. The van der Waals surface area contributed by atoms with Gasteiger partial charge < -0.3 is 19.6 Å². The lowest BCUT2D eigenvalue weighted by molar-refractivity contribution is 1.28. The van der Waals surface area contributed by atoms with Crippen molar-refractivity contribution in [2.45, 2.75) is 27.7 Å². The van der Waals surface area contributed by atoms with Crippen LogP contribution in [0.3, 0.4) is 0 Å². The molecule has 500 valence electrons. The van der Waals surface area contributed by atoms with Gasteiger partial charge in [-0.3, -0.25) is 0 Å². The van der Waals surface area contributed by atoms with Crippen LogP contribution < -0.4 is 19.6 Å². The molecule has 104 heavy (non-hydrogen) atoms. The maximum absolute atomic E-state index is 2.38. The van der Waals surface area contributed by atoms with Crippen LogP contribution in [0.25, 0.3) is 64.6 Å². The maximum Gasteiger partial charge on any atom is 0.0540 e. The smallest absolute Gasteiger partial charge is 0.0540 e. The predicted octanol–water partition coefficient (Wildman–Crippen LogP) is 28.8. The molecule has 0 radical (unpaired) electrons. The lowest BCUT2D eigenvalue weighted by Crippen LogP contribution is -2.11. The SMILES string of the molecule is Cc1ccc(N(c2ccc3ccccc3c2)c2cccc3ccccc23)cc1.Cc1ccc(N(c2cccc3ccccc23)c2cccc3ccccc23)cc1.Cc1ccc(N(c2ccccc2)c2ccc3ccccc3c2)cc1.Cc1ccc(N(c2ccccc2)c2cccc3ccccc23)cc1. The summed E-state index contributed by atoms with van der Waals surface area (Å²) in [4.78, 5) is 9.35. The molecule has 0 N–H and O–H groups in total. The average Bonchev–Trinajstić information content (AvgIpc) is 0.780. The van der Waals surface area contributed by atoms with Gasteiger partial charge in [0.15, 0.2) is 0 Å². The zero-order valence-electron chi connectivity index (χ0n) is 59.0. The molecule has 0 aromatic heterocycles. The number of fused-ring (bicyclic) bond motifs is 6. The molecular formula is C100H80N4. The summed E-state index contributed by atoms with van der Waals surface area (Å²) in [6.45, 7) is 8.49. The van der Waals surface area contributed by atoms with Crippen LogP contribution in [0.15, 0.2) is 413 Å². The highest BCUT2D eigenvalue weighted by Crippen LogP contribution is 2.45. The highest BCUT2D eigenvalue weighted by atomic mass is 15.2. The van der Waals surface area contributed by atoms with Gasteiger partial charge in [0, 0.05) is 67.0 Å². The molecule has 0 aliphatic rings. The fourth-order valence-corrected chi connectivity index (χ4v) is 13.9. The van der Waals surface area contributed by atoms with Crippen molar-refractivity contribution in [1.29, 1.82) is 0 Å². The third-order valence-corrected chi connectivity index (χ3v) is 19.2. The van der Waals surface area contributed by atoms with Crippen LogP contribution in [0.2, 0.25) is 0 Å². The van der Waals surface area contributed by atoms with E-state index in [4.69, 9.17) is 0 Å². The Kier molecular flexibility index (Phi) is 19.9. The van der Waals surface area contributed by atoms with Crippen molar-refractivity contribution in [2.75, 3.05) is 19.6 Å². The molecule has 0 atom stereocenters. The minimum atomic E-state index is 1.16. The van der Waals surface area contributed by atoms with Gasteiger partial charge in [-0.1, -0.05) is 313 Å². The number of benzene rings is 18. The van der Waals surface area contributed by atoms with Crippen molar-refractivity contribution in [2.24, 2.45) is 0 Å². The summed E-state index contributed by atoms with van der Waals surface area (Å²) >= 11 is 0. The minimum Gasteiger partial charge on any atom is -0.310 e. The molecule has 18 rings (SSSR count). The van der Waals surface area contributed by atoms with Gasteiger partial charge in [-0.25, -0.2) is 0 Å². The molecule has 0 spiro atoms. The first-order valence-corrected chi connectivity index (χ1v) is 35.7. The van der Waals surface area contributed by atoms with E-state index < -0.39 is 0 Å². The molecule has 0 saturated carbocycles. The van der Waals surface area contributed by atoms with Crippen LogP contribution in [0.5, 0.6) is 0 Å². The van der Waals surface area contributed by atoms with Gasteiger partial charge in [0.2, 0.25) is 0 Å². The highest BCUT2D eigenvalue weighted by molar-refractivity contribution is 6.06. The van der Waals surface area contributed by atoms with E-state index >= 15 is 0 Å². The molecule has 0 aliphatic heterocycles. The van der Waals surface area contributed by atoms with Crippen molar-refractivity contribution in [1.82, 2.24) is 0 Å². The standard InChI is InChI=1S/2C27H21N.2C23H19N/c1-20-16-18-23(19-17-20)28(26-14-6-10-21-8-2-4-12-24(21)26)27-15-7-11-22-9-3-5-13-25(22)27;1-20-13-16-24(17-14-20)28(25-18-15-21-7-2-3-9-23(21)19-25)27-12-6-10-22-8-4-5-11-26(22)27;1-18-14-16-21(17-15-18)24(20-10-3-2-4-11-20)23-13-7-9-19-8-5-6-12-22(19)23;1-18-11-14-22(15-12-18)24(21-9-3-2-4-10-21)23-16-13-19-7-5-6-8-20(19)17-23/h2*2-19H,1H3;2*2-17H,1H3. The summed E-state index contributed by atoms with van der Waals surface area (Å²) < 4.78 is 0. The third kappa shape index (κ3) is 14.8. The monoisotopic (exact) mass is 1340 g/mol. The molecule has 0 aliphatic carbocycles. The molecular weight excluding hydrogens is 1260 g/mol. The number of hydrogen-bond acceptors (Lipinski definition) is 4. The van der Waals surface area contributed by atoms with Crippen molar-refractivity contribution in [3.63, 3.8) is 0 Å². The molecule has 18 aromatic rings. The van der Waals surface area contributed by atoms with Crippen LogP contribution in [0, 0.1) is 27.7 Å². The van der Waals surface area contributed by atoms with E-state index in [0.29, 0.717) is 0 Å². The third-order valence-electron chi connectivity index (χ3n) is 19.2. The molecule has 0 unspecified atom stereocenters. The summed E-state index contributed by atoms with van der Waals surface area (Å²) in [7, 11) is 0. The summed E-state index contributed by atoms with van der Waals surface area (Å²) in [5.74, 6) is 0. The highest BCUT2D eigenvalue weighted by Gasteiger charge is 2.20. The van der Waals surface area contributed by atoms with Gasteiger partial charge in [-0.2, -0.15) is 0 Å². The van der Waals surface area contributed by atoms with Gasteiger partial charge >= 0.3 is 0 Å². The Balaban J connectivity index is 0.000000112. The van der Waals surface area contributed by atoms with E-state index in [0.717, 1.165) is 17.1 Å². The topological polar surface area (TPSA) is 13.0 Å². The van der Waals surface area contributed by atoms with Crippen molar-refractivity contribution >= 4 is 133 Å². The second-order valence-corrected chi connectivity index (χ2v) is 26.4. The number of anilines is 12. The molecule has 0 heterocycles. The molecule has 0 saturated heterocycles. The van der Waals surface area contributed by atoms with E-state index in [1.165, 1.54) is 138 Å². The number of rotatable bonds is 12. The summed E-state index contributed by atoms with van der Waals surface area (Å²) in [6, 6.07) is 147. The number of nitrogens with zero attached hydrogens (tertiary/aromatic N) is 4. The molecule has 18 aromatic carbocycles. The normalized spacial score (nSPS) is 10.9. The van der Waals surface area contributed by atoms with Crippen LogP contribution in [-0.2, 0) is 0 Å². The first-order valence-electron chi connectivity index (χ1n) is 35.7. The Morgan fingerprint density at radius 2 is 0.346 bits per heavy atom. The van der Waals surface area contributed by atoms with Crippen molar-refractivity contribution in [3.05, 3.63) is 435 Å². The maximum atomic E-state index is 2.38. The lowest BCUT2D eigenvalue weighted by atomic mass is 10.0. The van der Waals surface area contributed by atoms with Crippen LogP contribution in [0.1, 0.15) is 22.3 Å². The van der Waals surface area contributed by atoms with Gasteiger partial charge in [-0.05, 0) is 192 Å². The molecule has 0 amide bonds. The zero-order valence-corrected chi connectivity index (χ0v) is 59.0. The van der Waals surface area contributed by atoms with Gasteiger partial charge in [0.25, 0.3) is 0 Å². The molecule has 0 fully saturated rings. The zero-order chi connectivity index (χ0) is 70.6. The fraction of sp³-hybridized carbons (Fsp3) is 0.0400. The first-order chi connectivity index (χ1) is 51.2. The van der Waals surface area contributed by atoms with Gasteiger partial charge in [-0.15, -0.1) is 0 Å². The summed E-state index contributed by atoms with van der Waals surface area (Å²) in [5, 5.41) is 15.0. The van der Waals surface area contributed by atoms with E-state index in [9.17, 15) is 0 Å². The van der Waals surface area contributed by atoms with Crippen molar-refractivity contribution < 1.29 is 0 Å². The van der Waals surface area contributed by atoms with Gasteiger partial charge in [0.1, 0.15) is 0 Å². The largest absolute Gasteiger partial charge is 0.310 e. The Bertz CT molecular complexity index is 5800. The van der Waals surface area contributed by atoms with E-state index in [1.54, 1.807) is 0 Å². The van der Waals surface area contributed by atoms with Crippen LogP contribution >= 0.6 is 0 Å². The number of para-hydroxylation sites is 2.